The Kier molecular flexibility index (Phi) is 5.34. The molecule has 1 aliphatic heterocycles. The van der Waals surface area contributed by atoms with Gasteiger partial charge in [0.15, 0.2) is 0 Å². The van der Waals surface area contributed by atoms with E-state index in [0.717, 1.165) is 40.9 Å². The molecule has 0 bridgehead atoms. The van der Waals surface area contributed by atoms with Gasteiger partial charge in [0.05, 0.1) is 27.0 Å². The average molecular weight is 461 g/mol. The van der Waals surface area contributed by atoms with E-state index in [1.54, 1.807) is 12.1 Å². The van der Waals surface area contributed by atoms with Gasteiger partial charge in [0.1, 0.15) is 0 Å². The lowest BCUT2D eigenvalue weighted by Gasteiger charge is -2.23. The lowest BCUT2D eigenvalue weighted by atomic mass is 10.2. The number of rotatable bonds is 3. The maximum atomic E-state index is 12.6. The molecule has 0 atom stereocenters. The zero-order valence-electron chi connectivity index (χ0n) is 12.3. The van der Waals surface area contributed by atoms with Gasteiger partial charge in [-0.05, 0) is 65.8 Å². The van der Waals surface area contributed by atoms with Gasteiger partial charge in [0.25, 0.3) is 5.91 Å². The Bertz CT molecular complexity index is 745. The minimum atomic E-state index is -0.226. The molecule has 0 aromatic heterocycles. The van der Waals surface area contributed by atoms with Crippen LogP contribution in [0.15, 0.2) is 36.4 Å². The summed E-state index contributed by atoms with van der Waals surface area (Å²) in [4.78, 5) is 14.8. The topological polar surface area (TPSA) is 32.3 Å². The van der Waals surface area contributed by atoms with Crippen LogP contribution in [-0.2, 0) is 0 Å². The summed E-state index contributed by atoms with van der Waals surface area (Å²) in [6, 6.07) is 10.9. The smallest absolute Gasteiger partial charge is 0.257 e. The van der Waals surface area contributed by atoms with Gasteiger partial charge in [0, 0.05) is 16.7 Å². The molecule has 2 aromatic carbocycles. The summed E-state index contributed by atoms with van der Waals surface area (Å²) in [7, 11) is 0. The van der Waals surface area contributed by atoms with Crippen LogP contribution in [0.5, 0.6) is 0 Å². The van der Waals surface area contributed by atoms with Crippen LogP contribution in [0.4, 0.5) is 11.4 Å². The first-order valence-electron chi connectivity index (χ1n) is 7.36. The molecular weight excluding hydrogens is 446 g/mol. The molecule has 3 nitrogen and oxygen atoms in total. The molecule has 1 saturated heterocycles. The van der Waals surface area contributed by atoms with E-state index in [2.05, 4.69) is 32.8 Å². The van der Waals surface area contributed by atoms with Crippen molar-refractivity contribution in [3.8, 4) is 0 Å². The molecule has 0 radical (unpaired) electrons. The van der Waals surface area contributed by atoms with Crippen LogP contribution in [0, 0.1) is 3.57 Å². The Morgan fingerprint density at radius 1 is 1.09 bits per heavy atom. The quantitative estimate of drug-likeness (QED) is 0.617. The van der Waals surface area contributed by atoms with Gasteiger partial charge in [-0.1, -0.05) is 29.3 Å². The predicted molar refractivity (Wildman–Crippen MR) is 105 cm³/mol. The third-order valence-electron chi connectivity index (χ3n) is 3.83. The number of nitrogens with zero attached hydrogens (tertiary/aromatic N) is 1. The first-order chi connectivity index (χ1) is 11.1. The second-order valence-corrected chi connectivity index (χ2v) is 7.47. The van der Waals surface area contributed by atoms with Crippen molar-refractivity contribution < 1.29 is 4.79 Å². The maximum Gasteiger partial charge on any atom is 0.257 e. The molecule has 120 valence electrons. The number of hydrogen-bond donors (Lipinski definition) is 1. The van der Waals surface area contributed by atoms with Gasteiger partial charge in [-0.25, -0.2) is 0 Å². The average Bonchev–Trinajstić information content (AvgIpc) is 3.03. The zero-order valence-corrected chi connectivity index (χ0v) is 16.0. The highest BCUT2D eigenvalue weighted by Gasteiger charge is 2.20. The van der Waals surface area contributed by atoms with Gasteiger partial charge >= 0.3 is 0 Å². The Morgan fingerprint density at radius 2 is 1.83 bits per heavy atom. The first-order valence-corrected chi connectivity index (χ1v) is 9.19. The molecule has 0 unspecified atom stereocenters. The fraction of sp³-hybridized carbons (Fsp3) is 0.235. The fourth-order valence-electron chi connectivity index (χ4n) is 2.74. The normalized spacial score (nSPS) is 14.1. The number of nitrogens with one attached hydrogen (secondary N) is 1. The summed E-state index contributed by atoms with van der Waals surface area (Å²) in [6.07, 6.45) is 2.28. The summed E-state index contributed by atoms with van der Waals surface area (Å²) in [5.41, 5.74) is 2.08. The van der Waals surface area contributed by atoms with E-state index >= 15 is 0 Å². The molecule has 1 heterocycles. The third-order valence-corrected chi connectivity index (χ3v) is 5.14. The van der Waals surface area contributed by atoms with Crippen molar-refractivity contribution in [2.75, 3.05) is 23.3 Å². The number of halogens is 3. The molecule has 2 aromatic rings. The minimum Gasteiger partial charge on any atom is -0.369 e. The van der Waals surface area contributed by atoms with Crippen molar-refractivity contribution in [1.82, 2.24) is 0 Å². The van der Waals surface area contributed by atoms with Crippen molar-refractivity contribution in [2.24, 2.45) is 0 Å². The van der Waals surface area contributed by atoms with Crippen molar-refractivity contribution in [3.05, 3.63) is 55.6 Å². The lowest BCUT2D eigenvalue weighted by Crippen LogP contribution is -2.21. The maximum absolute atomic E-state index is 12.6. The van der Waals surface area contributed by atoms with Crippen LogP contribution in [0.2, 0.25) is 10.0 Å². The highest BCUT2D eigenvalue weighted by atomic mass is 127. The van der Waals surface area contributed by atoms with Crippen molar-refractivity contribution in [1.29, 1.82) is 0 Å². The van der Waals surface area contributed by atoms with Gasteiger partial charge in [0.2, 0.25) is 0 Å². The molecule has 0 aliphatic carbocycles. The van der Waals surface area contributed by atoms with E-state index in [9.17, 15) is 4.79 Å². The molecule has 1 N–H and O–H groups in total. The number of para-hydroxylation sites is 1. The van der Waals surface area contributed by atoms with E-state index in [-0.39, 0.29) is 5.91 Å². The van der Waals surface area contributed by atoms with Crippen LogP contribution < -0.4 is 10.2 Å². The summed E-state index contributed by atoms with van der Waals surface area (Å²) in [6.45, 7) is 1.91. The van der Waals surface area contributed by atoms with Crippen molar-refractivity contribution in [2.45, 2.75) is 12.8 Å². The number of benzene rings is 2. The molecular formula is C17H15Cl2IN2O. The standard InChI is InChI=1S/C17H15Cl2IN2O/c18-13-7-6-11(20)10-12(13)17(23)21-15-5-3-4-14(19)16(15)22-8-1-2-9-22/h3-7,10H,1-2,8-9H2,(H,21,23). The molecule has 1 amide bonds. The van der Waals surface area contributed by atoms with E-state index in [1.165, 1.54) is 0 Å². The summed E-state index contributed by atoms with van der Waals surface area (Å²) >= 11 is 14.7. The molecule has 1 fully saturated rings. The van der Waals surface area contributed by atoms with Crippen LogP contribution in [0.1, 0.15) is 23.2 Å². The van der Waals surface area contributed by atoms with Crippen molar-refractivity contribution >= 4 is 63.1 Å². The Labute approximate surface area is 159 Å². The zero-order chi connectivity index (χ0) is 16.4. The number of amides is 1. The summed E-state index contributed by atoms with van der Waals surface area (Å²) < 4.78 is 0.961. The van der Waals surface area contributed by atoms with Crippen LogP contribution in [0.3, 0.4) is 0 Å². The van der Waals surface area contributed by atoms with Gasteiger partial charge in [-0.3, -0.25) is 4.79 Å². The first kappa shape index (κ1) is 16.9. The van der Waals surface area contributed by atoms with E-state index in [4.69, 9.17) is 23.2 Å². The second kappa shape index (κ2) is 7.28. The fourth-order valence-corrected chi connectivity index (χ4v) is 3.73. The Morgan fingerprint density at radius 3 is 2.57 bits per heavy atom. The molecule has 23 heavy (non-hydrogen) atoms. The predicted octanol–water partition coefficient (Wildman–Crippen LogP) is 5.45. The van der Waals surface area contributed by atoms with Crippen LogP contribution >= 0.6 is 45.8 Å². The number of hydrogen-bond acceptors (Lipinski definition) is 2. The highest BCUT2D eigenvalue weighted by Crippen LogP contribution is 2.36. The van der Waals surface area contributed by atoms with E-state index in [1.807, 2.05) is 24.3 Å². The lowest BCUT2D eigenvalue weighted by molar-refractivity contribution is 0.102. The largest absolute Gasteiger partial charge is 0.369 e. The number of carbonyl (C=O) groups is 1. The molecule has 3 rings (SSSR count). The molecule has 0 saturated carbocycles. The third kappa shape index (κ3) is 3.75. The number of carbonyl (C=O) groups excluding carboxylic acids is 1. The Hall–Kier alpha value is -0.980. The molecule has 6 heteroatoms. The van der Waals surface area contributed by atoms with Gasteiger partial charge in [-0.15, -0.1) is 0 Å². The van der Waals surface area contributed by atoms with Gasteiger partial charge < -0.3 is 10.2 Å². The Balaban J connectivity index is 1.92. The summed E-state index contributed by atoms with van der Waals surface area (Å²) in [5.74, 6) is -0.226. The van der Waals surface area contributed by atoms with Gasteiger partial charge in [-0.2, -0.15) is 0 Å². The minimum absolute atomic E-state index is 0.226. The monoisotopic (exact) mass is 460 g/mol. The van der Waals surface area contributed by atoms with Crippen LogP contribution in [0.25, 0.3) is 0 Å². The van der Waals surface area contributed by atoms with E-state index in [0.29, 0.717) is 15.6 Å². The molecule has 1 aliphatic rings. The number of anilines is 2. The van der Waals surface area contributed by atoms with E-state index < -0.39 is 0 Å². The second-order valence-electron chi connectivity index (χ2n) is 5.41. The summed E-state index contributed by atoms with van der Waals surface area (Å²) in [5, 5.41) is 4.05. The SMILES string of the molecule is O=C(Nc1cccc(Cl)c1N1CCCC1)c1cc(I)ccc1Cl. The molecule has 0 spiro atoms. The highest BCUT2D eigenvalue weighted by molar-refractivity contribution is 14.1. The van der Waals surface area contributed by atoms with Crippen LogP contribution in [-0.4, -0.2) is 19.0 Å². The van der Waals surface area contributed by atoms with Crippen molar-refractivity contribution in [3.63, 3.8) is 0 Å².